The number of amides is 6. The van der Waals surface area contributed by atoms with Crippen molar-refractivity contribution >= 4 is 58.2 Å². The van der Waals surface area contributed by atoms with E-state index in [0.717, 1.165) is 0 Å². The molecule has 12 heteroatoms. The molecule has 2 aliphatic rings. The van der Waals surface area contributed by atoms with Gasteiger partial charge in [-0.1, -0.05) is 0 Å². The molecule has 0 saturated heterocycles. The Hall–Kier alpha value is -6.30. The molecule has 2 heterocycles. The summed E-state index contributed by atoms with van der Waals surface area (Å²) in [5, 5.41) is 18.2. The third-order valence-electron chi connectivity index (χ3n) is 6.53. The maximum atomic E-state index is 12.6. The number of anilines is 2. The second kappa shape index (κ2) is 10.4. The van der Waals surface area contributed by atoms with Gasteiger partial charge in [0.1, 0.15) is 0 Å². The second-order valence-corrected chi connectivity index (χ2v) is 9.29. The van der Waals surface area contributed by atoms with E-state index >= 15 is 0 Å². The van der Waals surface area contributed by atoms with Crippen LogP contribution in [0.2, 0.25) is 0 Å². The van der Waals surface area contributed by atoms with Crippen LogP contribution in [0.15, 0.2) is 95.2 Å². The van der Waals surface area contributed by atoms with Gasteiger partial charge in [0.05, 0.1) is 33.6 Å². The lowest BCUT2D eigenvalue weighted by Gasteiger charge is -2.07. The first-order chi connectivity index (χ1) is 20.2. The normalized spacial score (nSPS) is 13.4. The Kier molecular flexibility index (Phi) is 6.40. The van der Waals surface area contributed by atoms with Gasteiger partial charge in [0, 0.05) is 22.5 Å². The smallest absolute Gasteiger partial charge is 0.258 e. The van der Waals surface area contributed by atoms with Gasteiger partial charge in [0.25, 0.3) is 35.4 Å². The molecule has 0 aliphatic carbocycles. The Balaban J connectivity index is 1.05. The SMILES string of the molecule is O=C(Nc1ccc(N=Nc2ccc(NC(=O)c3ccc4c(c3)C(=O)NC4=O)cc2)cc1)c1ccc2c(c1)C(=O)NC2=O. The highest BCUT2D eigenvalue weighted by molar-refractivity contribution is 6.23. The van der Waals surface area contributed by atoms with Gasteiger partial charge < -0.3 is 10.6 Å². The molecule has 0 radical (unpaired) electrons. The van der Waals surface area contributed by atoms with Gasteiger partial charge in [0.15, 0.2) is 0 Å². The first-order valence-corrected chi connectivity index (χ1v) is 12.5. The number of carbonyl (C=O) groups excluding carboxylic acids is 6. The number of nitrogens with one attached hydrogen (secondary N) is 4. The van der Waals surface area contributed by atoms with Crippen LogP contribution in [0.3, 0.4) is 0 Å². The highest BCUT2D eigenvalue weighted by atomic mass is 16.2. The summed E-state index contributed by atoms with van der Waals surface area (Å²) in [4.78, 5) is 72.3. The molecular weight excluding hydrogens is 540 g/mol. The lowest BCUT2D eigenvalue weighted by Crippen LogP contribution is -2.19. The number of azo groups is 1. The van der Waals surface area contributed by atoms with E-state index in [-0.39, 0.29) is 33.4 Å². The van der Waals surface area contributed by atoms with E-state index in [0.29, 0.717) is 22.7 Å². The highest BCUT2D eigenvalue weighted by Crippen LogP contribution is 2.24. The summed E-state index contributed by atoms with van der Waals surface area (Å²) in [5.41, 5.74) is 3.30. The molecule has 4 aromatic carbocycles. The molecule has 4 N–H and O–H groups in total. The predicted octanol–water partition coefficient (Wildman–Crippen LogP) is 4.37. The summed E-state index contributed by atoms with van der Waals surface area (Å²) in [7, 11) is 0. The Morgan fingerprint density at radius 3 is 1.21 bits per heavy atom. The topological polar surface area (TPSA) is 175 Å². The van der Waals surface area contributed by atoms with Crippen molar-refractivity contribution in [3.05, 3.63) is 118 Å². The van der Waals surface area contributed by atoms with Gasteiger partial charge in [-0.3, -0.25) is 39.4 Å². The van der Waals surface area contributed by atoms with Gasteiger partial charge in [-0.15, -0.1) is 0 Å². The molecule has 6 rings (SSSR count). The maximum absolute atomic E-state index is 12.6. The first kappa shape index (κ1) is 26.0. The van der Waals surface area contributed by atoms with Crippen molar-refractivity contribution in [3.8, 4) is 0 Å². The summed E-state index contributed by atoms with van der Waals surface area (Å²) >= 11 is 0. The van der Waals surface area contributed by atoms with Crippen LogP contribution in [0, 0.1) is 0 Å². The van der Waals surface area contributed by atoms with Gasteiger partial charge in [-0.25, -0.2) is 0 Å². The second-order valence-electron chi connectivity index (χ2n) is 9.29. The number of carbonyl (C=O) groups is 6. The molecule has 12 nitrogen and oxygen atoms in total. The number of hydrogen-bond donors (Lipinski definition) is 4. The number of fused-ring (bicyclic) bond motifs is 2. The van der Waals surface area contributed by atoms with E-state index in [4.69, 9.17) is 0 Å². The van der Waals surface area contributed by atoms with E-state index in [1.807, 2.05) is 0 Å². The number of imide groups is 2. The van der Waals surface area contributed by atoms with Gasteiger partial charge in [0.2, 0.25) is 0 Å². The predicted molar refractivity (Wildman–Crippen MR) is 149 cm³/mol. The Morgan fingerprint density at radius 2 is 0.833 bits per heavy atom. The van der Waals surface area contributed by atoms with E-state index < -0.39 is 35.4 Å². The molecule has 0 spiro atoms. The van der Waals surface area contributed by atoms with Crippen LogP contribution in [0.4, 0.5) is 22.7 Å². The lowest BCUT2D eigenvalue weighted by atomic mass is 10.1. The van der Waals surface area contributed by atoms with Crippen molar-refractivity contribution in [2.75, 3.05) is 10.6 Å². The molecule has 42 heavy (non-hydrogen) atoms. The highest BCUT2D eigenvalue weighted by Gasteiger charge is 2.28. The summed E-state index contributed by atoms with van der Waals surface area (Å²) in [5.74, 6) is -2.93. The lowest BCUT2D eigenvalue weighted by molar-refractivity contribution is 0.0863. The van der Waals surface area contributed by atoms with Crippen molar-refractivity contribution < 1.29 is 28.8 Å². The van der Waals surface area contributed by atoms with Crippen molar-refractivity contribution in [2.24, 2.45) is 10.2 Å². The van der Waals surface area contributed by atoms with Crippen molar-refractivity contribution in [1.29, 1.82) is 0 Å². The van der Waals surface area contributed by atoms with Crippen LogP contribution < -0.4 is 21.3 Å². The maximum Gasteiger partial charge on any atom is 0.258 e. The van der Waals surface area contributed by atoms with E-state index in [2.05, 4.69) is 31.5 Å². The molecule has 6 amide bonds. The summed E-state index contributed by atoms with van der Waals surface area (Å²) in [6.07, 6.45) is 0. The minimum absolute atomic E-state index is 0.159. The average Bonchev–Trinajstić information content (AvgIpc) is 3.45. The van der Waals surface area contributed by atoms with Gasteiger partial charge in [-0.2, -0.15) is 10.2 Å². The summed E-state index contributed by atoms with van der Waals surface area (Å²) < 4.78 is 0. The first-order valence-electron chi connectivity index (χ1n) is 12.5. The molecule has 0 atom stereocenters. The molecule has 0 saturated carbocycles. The molecule has 0 aromatic heterocycles. The minimum atomic E-state index is -0.537. The zero-order valence-electron chi connectivity index (χ0n) is 21.4. The zero-order valence-corrected chi connectivity index (χ0v) is 21.4. The van der Waals surface area contributed by atoms with E-state index in [9.17, 15) is 28.8 Å². The fraction of sp³-hybridized carbons (Fsp3) is 0. The minimum Gasteiger partial charge on any atom is -0.322 e. The van der Waals surface area contributed by atoms with Crippen molar-refractivity contribution in [2.45, 2.75) is 0 Å². The van der Waals surface area contributed by atoms with Gasteiger partial charge >= 0.3 is 0 Å². The molecule has 4 aromatic rings. The number of rotatable bonds is 6. The van der Waals surface area contributed by atoms with E-state index in [1.54, 1.807) is 48.5 Å². The standard InChI is InChI=1S/C30H18N6O6/c37-25(15-1-11-21-23(13-15)29(41)33-27(21)39)31-17-3-7-19(8-4-17)35-36-20-9-5-18(6-10-20)32-26(38)16-2-12-22-24(14-16)30(42)34-28(22)40/h1-14H,(H,31,37)(H,32,38)(H,33,39,41)(H,34,40,42). The van der Waals surface area contributed by atoms with Gasteiger partial charge in [-0.05, 0) is 84.9 Å². The molecule has 2 aliphatic heterocycles. The monoisotopic (exact) mass is 558 g/mol. The van der Waals surface area contributed by atoms with Crippen LogP contribution in [-0.4, -0.2) is 35.4 Å². The average molecular weight is 559 g/mol. The fourth-order valence-electron chi connectivity index (χ4n) is 4.36. The zero-order chi connectivity index (χ0) is 29.4. The van der Waals surface area contributed by atoms with Crippen LogP contribution in [0.25, 0.3) is 0 Å². The molecule has 0 bridgehead atoms. The molecule has 204 valence electrons. The quantitative estimate of drug-likeness (QED) is 0.202. The van der Waals surface area contributed by atoms with Crippen molar-refractivity contribution in [3.63, 3.8) is 0 Å². The third kappa shape index (κ3) is 5.02. The molecule has 0 unspecified atom stereocenters. The summed E-state index contributed by atoms with van der Waals surface area (Å²) in [6, 6.07) is 21.8. The van der Waals surface area contributed by atoms with Crippen LogP contribution >= 0.6 is 0 Å². The van der Waals surface area contributed by atoms with Crippen LogP contribution in [-0.2, 0) is 0 Å². The number of nitrogens with zero attached hydrogens (tertiary/aromatic N) is 2. The molecular formula is C30H18N6O6. The Labute approximate surface area is 236 Å². The number of benzene rings is 4. The molecule has 0 fully saturated rings. The third-order valence-corrected chi connectivity index (χ3v) is 6.53. The largest absolute Gasteiger partial charge is 0.322 e. The van der Waals surface area contributed by atoms with E-state index in [1.165, 1.54) is 36.4 Å². The number of hydrogen-bond acceptors (Lipinski definition) is 8. The van der Waals surface area contributed by atoms with Crippen molar-refractivity contribution in [1.82, 2.24) is 10.6 Å². The van der Waals surface area contributed by atoms with Crippen LogP contribution in [0.1, 0.15) is 62.1 Å². The Morgan fingerprint density at radius 1 is 0.476 bits per heavy atom. The van der Waals surface area contributed by atoms with Crippen LogP contribution in [0.5, 0.6) is 0 Å². The summed E-state index contributed by atoms with van der Waals surface area (Å²) in [6.45, 7) is 0. The Bertz CT molecular complexity index is 1740. The fourth-order valence-corrected chi connectivity index (χ4v) is 4.36.